The molecule has 7 aromatic rings. The minimum atomic E-state index is -0.401. The second kappa shape index (κ2) is 16.1. The van der Waals surface area contributed by atoms with Crippen LogP contribution in [0.25, 0.3) is 38.6 Å². The first-order valence-corrected chi connectivity index (χ1v) is 22.4. The highest BCUT2D eigenvalue weighted by atomic mass is 16.5. The molecule has 0 heterocycles. The second-order valence-corrected chi connectivity index (χ2v) is 18.4. The molecule has 0 radical (unpaired) electrons. The summed E-state index contributed by atoms with van der Waals surface area (Å²) in [6.45, 7) is 12.4. The van der Waals surface area contributed by atoms with Gasteiger partial charge in [0.2, 0.25) is 0 Å². The highest BCUT2D eigenvalue weighted by Gasteiger charge is 2.37. The number of carbonyl (C=O) groups is 1. The Morgan fingerprint density at radius 1 is 0.651 bits per heavy atom. The topological polar surface area (TPSA) is 29.5 Å². The number of fused-ring (bicyclic) bond motifs is 4. The normalized spacial score (nSPS) is 18.5. The van der Waals surface area contributed by atoms with Crippen molar-refractivity contribution in [3.8, 4) is 28.0 Å². The first-order valence-electron chi connectivity index (χ1n) is 22.4. The van der Waals surface area contributed by atoms with Crippen LogP contribution >= 0.6 is 0 Å². The van der Waals surface area contributed by atoms with Gasteiger partial charge in [0.25, 0.3) is 0 Å². The third-order valence-corrected chi connectivity index (χ3v) is 13.9. The number of carbonyl (C=O) groups excluding carboxylic acids is 1. The highest BCUT2D eigenvalue weighted by molar-refractivity contribution is 5.90. The lowest BCUT2D eigenvalue weighted by molar-refractivity contribution is -0.130. The summed E-state index contributed by atoms with van der Waals surface area (Å²) in [4.78, 5) is 14.5. The van der Waals surface area contributed by atoms with Gasteiger partial charge in [0.15, 0.2) is 0 Å². The molecule has 2 atom stereocenters. The number of nitrogens with zero attached hydrogens (tertiary/aromatic N) is 1. The Morgan fingerprint density at radius 3 is 2.02 bits per heavy atom. The molecule has 3 aliphatic rings. The minimum absolute atomic E-state index is 0.0945. The molecular weight excluding hydrogens is 767 g/mol. The van der Waals surface area contributed by atoms with E-state index in [4.69, 9.17) is 4.74 Å². The number of benzene rings is 7. The average molecular weight is 820 g/mol. The number of esters is 1. The predicted octanol–water partition coefficient (Wildman–Crippen LogP) is 15.6. The number of rotatable bonds is 9. The van der Waals surface area contributed by atoms with E-state index in [0.29, 0.717) is 17.2 Å². The Morgan fingerprint density at radius 2 is 1.32 bits per heavy atom. The molecule has 310 valence electrons. The first kappa shape index (κ1) is 40.1. The van der Waals surface area contributed by atoms with Crippen molar-refractivity contribution in [3.63, 3.8) is 0 Å². The number of hydrogen-bond donors (Lipinski definition) is 0. The van der Waals surface area contributed by atoms with Crippen LogP contribution in [0, 0.1) is 0 Å². The van der Waals surface area contributed by atoms with Crippen molar-refractivity contribution in [1.82, 2.24) is 0 Å². The van der Waals surface area contributed by atoms with Crippen molar-refractivity contribution in [2.45, 2.75) is 70.1 Å². The van der Waals surface area contributed by atoms with Gasteiger partial charge in [-0.1, -0.05) is 155 Å². The van der Waals surface area contributed by atoms with Crippen LogP contribution in [0.2, 0.25) is 0 Å². The van der Waals surface area contributed by atoms with Gasteiger partial charge in [0.05, 0.1) is 0 Å². The smallest absolute Gasteiger partial charge is 0.338 e. The molecule has 0 aromatic heterocycles. The minimum Gasteiger partial charge on any atom is -0.423 e. The van der Waals surface area contributed by atoms with Gasteiger partial charge < -0.3 is 9.64 Å². The maximum atomic E-state index is 12.0. The molecule has 0 spiro atoms. The summed E-state index contributed by atoms with van der Waals surface area (Å²) in [6.07, 6.45) is 13.4. The summed E-state index contributed by atoms with van der Waals surface area (Å²) >= 11 is 0. The van der Waals surface area contributed by atoms with E-state index in [1.54, 1.807) is 6.92 Å². The van der Waals surface area contributed by atoms with Gasteiger partial charge in [-0.15, -0.1) is 0 Å². The Balaban J connectivity index is 0.952. The molecule has 3 heteroatoms. The van der Waals surface area contributed by atoms with Crippen molar-refractivity contribution in [3.05, 3.63) is 228 Å². The summed E-state index contributed by atoms with van der Waals surface area (Å²) in [7, 11) is 0. The number of ether oxygens (including phenoxy) is 1. The van der Waals surface area contributed by atoms with Crippen LogP contribution in [0.4, 0.5) is 11.4 Å². The molecule has 0 saturated heterocycles. The van der Waals surface area contributed by atoms with Crippen LogP contribution in [0.15, 0.2) is 200 Å². The third kappa shape index (κ3) is 7.56. The molecule has 7 aromatic carbocycles. The molecule has 63 heavy (non-hydrogen) atoms. The van der Waals surface area contributed by atoms with Crippen LogP contribution < -0.4 is 9.64 Å². The lowest BCUT2D eigenvalue weighted by Crippen LogP contribution is -2.23. The van der Waals surface area contributed by atoms with E-state index in [-0.39, 0.29) is 10.8 Å². The summed E-state index contributed by atoms with van der Waals surface area (Å²) < 4.78 is 5.45. The third-order valence-electron chi connectivity index (χ3n) is 13.9. The molecule has 0 fully saturated rings. The lowest BCUT2D eigenvalue weighted by Gasteiger charge is -2.34. The van der Waals surface area contributed by atoms with Crippen molar-refractivity contribution < 1.29 is 9.53 Å². The van der Waals surface area contributed by atoms with Gasteiger partial charge in [0.1, 0.15) is 5.75 Å². The Bertz CT molecular complexity index is 3000. The maximum Gasteiger partial charge on any atom is 0.338 e. The summed E-state index contributed by atoms with van der Waals surface area (Å²) in [6, 6.07) is 57.6. The Kier molecular flexibility index (Phi) is 10.2. The maximum absolute atomic E-state index is 12.0. The van der Waals surface area contributed by atoms with Crippen molar-refractivity contribution in [2.75, 3.05) is 4.90 Å². The quantitative estimate of drug-likeness (QED) is 0.0629. The van der Waals surface area contributed by atoms with Crippen LogP contribution in [0.1, 0.15) is 87.1 Å². The van der Waals surface area contributed by atoms with Crippen LogP contribution in [-0.2, 0) is 15.6 Å². The van der Waals surface area contributed by atoms with Crippen molar-refractivity contribution >= 4 is 33.7 Å². The van der Waals surface area contributed by atoms with Crippen molar-refractivity contribution in [2.24, 2.45) is 0 Å². The fourth-order valence-electron chi connectivity index (χ4n) is 10.0. The number of hydrogen-bond acceptors (Lipinski definition) is 3. The largest absolute Gasteiger partial charge is 0.423 e. The van der Waals surface area contributed by atoms with E-state index in [0.717, 1.165) is 25.7 Å². The van der Waals surface area contributed by atoms with E-state index in [1.165, 1.54) is 83.5 Å². The molecule has 3 aliphatic carbocycles. The van der Waals surface area contributed by atoms with Gasteiger partial charge >= 0.3 is 5.97 Å². The molecule has 2 unspecified atom stereocenters. The average Bonchev–Trinajstić information content (AvgIpc) is 3.54. The first-order chi connectivity index (χ1) is 30.5. The standard InChI is InChI=1S/C60H53NO2/c1-40(2)58(62)63-53-29-22-49(23-30-53)60(5)35-33-45(34-36-60)44-19-26-51(27-20-44)61(50-24-17-43(18-25-50)41-11-7-6-8-12-41)52-28-32-55-54-31-21-48(38-56(54)59(3,4)57(55)39-52)47-16-15-42-13-9-10-14-46(42)37-47/h6-17,19-24,26-33,35,37-39,45H,1,18,25,34,36H2,2-5H3. The van der Waals surface area contributed by atoms with Crippen LogP contribution in [0.5, 0.6) is 5.75 Å². The van der Waals surface area contributed by atoms with Gasteiger partial charge in [-0.05, 0) is 154 Å². The molecule has 10 rings (SSSR count). The summed E-state index contributed by atoms with van der Waals surface area (Å²) in [5, 5.41) is 2.53. The van der Waals surface area contributed by atoms with Gasteiger partial charge in [-0.3, -0.25) is 0 Å². The summed E-state index contributed by atoms with van der Waals surface area (Å²) in [5.74, 6) is 0.474. The van der Waals surface area contributed by atoms with E-state index >= 15 is 0 Å². The van der Waals surface area contributed by atoms with E-state index < -0.39 is 5.97 Å². The predicted molar refractivity (Wildman–Crippen MR) is 263 cm³/mol. The fourth-order valence-corrected chi connectivity index (χ4v) is 10.0. The van der Waals surface area contributed by atoms with E-state index in [1.807, 2.05) is 12.1 Å². The van der Waals surface area contributed by atoms with E-state index in [9.17, 15) is 4.79 Å². The highest BCUT2D eigenvalue weighted by Crippen LogP contribution is 2.52. The Hall–Kier alpha value is -6.97. The zero-order valence-electron chi connectivity index (χ0n) is 36.7. The number of anilines is 2. The Labute approximate surface area is 372 Å². The zero-order chi connectivity index (χ0) is 43.3. The van der Waals surface area contributed by atoms with Crippen LogP contribution in [-0.4, -0.2) is 5.97 Å². The molecule has 0 bridgehead atoms. The molecular formula is C60H53NO2. The van der Waals surface area contributed by atoms with Gasteiger partial charge in [0, 0.05) is 39.4 Å². The monoisotopic (exact) mass is 819 g/mol. The van der Waals surface area contributed by atoms with E-state index in [2.05, 4.69) is 202 Å². The lowest BCUT2D eigenvalue weighted by atomic mass is 9.71. The zero-order valence-corrected chi connectivity index (χ0v) is 36.7. The number of allylic oxidation sites excluding steroid dienone is 6. The molecule has 0 amide bonds. The molecule has 0 N–H and O–H groups in total. The van der Waals surface area contributed by atoms with Crippen LogP contribution in [0.3, 0.4) is 0 Å². The van der Waals surface area contributed by atoms with Crippen molar-refractivity contribution in [1.29, 1.82) is 0 Å². The SMILES string of the molecule is C=C(C)C(=O)Oc1ccc(C2(C)C=CC(c3ccc(N(C4=CC=C(c5ccccc5)CC4)c4ccc5c(c4)C(C)(C)c4cc(-c6ccc7ccccc7c6)ccc4-5)cc3)CC2)cc1. The second-order valence-electron chi connectivity index (χ2n) is 18.4. The molecule has 0 aliphatic heterocycles. The molecule has 0 saturated carbocycles. The molecule has 3 nitrogen and oxygen atoms in total. The van der Waals surface area contributed by atoms with Gasteiger partial charge in [-0.25, -0.2) is 4.79 Å². The van der Waals surface area contributed by atoms with Gasteiger partial charge in [-0.2, -0.15) is 0 Å². The summed E-state index contributed by atoms with van der Waals surface area (Å²) in [5.41, 5.74) is 16.9. The fraction of sp³-hybridized carbons (Fsp3) is 0.183.